The van der Waals surface area contributed by atoms with Gasteiger partial charge in [0.1, 0.15) is 23.3 Å². The van der Waals surface area contributed by atoms with Crippen LogP contribution in [-0.2, 0) is 4.74 Å². The average molecular weight is 610 g/mol. The van der Waals surface area contributed by atoms with E-state index in [4.69, 9.17) is 9.47 Å². The summed E-state index contributed by atoms with van der Waals surface area (Å²) in [6.07, 6.45) is 2.01. The fourth-order valence-electron chi connectivity index (χ4n) is 6.37. The first-order valence-electron chi connectivity index (χ1n) is 16.0. The molecule has 1 aliphatic heterocycles. The van der Waals surface area contributed by atoms with Gasteiger partial charge in [-0.05, 0) is 87.7 Å². The minimum Gasteiger partial charge on any atom is -0.490 e. The molecule has 0 saturated heterocycles. The van der Waals surface area contributed by atoms with Crippen LogP contribution in [0.3, 0.4) is 0 Å². The Kier molecular flexibility index (Phi) is 9.62. The number of rotatable bonds is 9. The second-order valence-corrected chi connectivity index (χ2v) is 13.1. The molecular formula is C39H44FNO4. The van der Waals surface area contributed by atoms with Gasteiger partial charge in [0, 0.05) is 41.8 Å². The molecule has 0 saturated carbocycles. The van der Waals surface area contributed by atoms with E-state index in [0.29, 0.717) is 31.2 Å². The van der Waals surface area contributed by atoms with Gasteiger partial charge >= 0.3 is 6.09 Å². The maximum absolute atomic E-state index is 14.7. The van der Waals surface area contributed by atoms with Crippen LogP contribution in [0.25, 0.3) is 10.8 Å². The largest absolute Gasteiger partial charge is 0.490 e. The molecule has 45 heavy (non-hydrogen) atoms. The van der Waals surface area contributed by atoms with Gasteiger partial charge in [0.15, 0.2) is 5.78 Å². The molecule has 5 rings (SSSR count). The van der Waals surface area contributed by atoms with Gasteiger partial charge in [0.05, 0.1) is 6.04 Å². The molecule has 3 atom stereocenters. The van der Waals surface area contributed by atoms with Crippen molar-refractivity contribution in [2.75, 3.05) is 6.54 Å². The lowest BCUT2D eigenvalue weighted by atomic mass is 9.82. The summed E-state index contributed by atoms with van der Waals surface area (Å²) in [4.78, 5) is 28.3. The number of hydrogen-bond acceptors (Lipinski definition) is 4. The van der Waals surface area contributed by atoms with Crippen molar-refractivity contribution < 1.29 is 23.5 Å². The quantitative estimate of drug-likeness (QED) is 0.177. The van der Waals surface area contributed by atoms with Gasteiger partial charge in [-0.1, -0.05) is 67.6 Å². The molecule has 1 unspecified atom stereocenters. The van der Waals surface area contributed by atoms with E-state index in [9.17, 15) is 14.0 Å². The Bertz CT molecular complexity index is 1690. The molecular weight excluding hydrogens is 565 g/mol. The summed E-state index contributed by atoms with van der Waals surface area (Å²) in [5, 5.41) is 1.30. The summed E-state index contributed by atoms with van der Waals surface area (Å²) in [6.45, 7) is 11.9. The van der Waals surface area contributed by atoms with E-state index in [1.165, 1.54) is 6.07 Å². The summed E-state index contributed by atoms with van der Waals surface area (Å²) in [7, 11) is 0. The SMILES string of the molecule is CCCC(=O)c1cc(C2C[C@@H](CCN(C(=O)OC(C)(C)C)[C@H](C)c3ccc(F)c4ccccc34)Oc3ccccc32)ccc1C. The van der Waals surface area contributed by atoms with Gasteiger partial charge in [-0.3, -0.25) is 4.79 Å². The fraction of sp³-hybridized carbons (Fsp3) is 0.385. The highest BCUT2D eigenvalue weighted by atomic mass is 19.1. The zero-order valence-corrected chi connectivity index (χ0v) is 27.2. The molecule has 1 amide bonds. The van der Waals surface area contributed by atoms with Gasteiger partial charge < -0.3 is 14.4 Å². The van der Waals surface area contributed by atoms with E-state index in [1.54, 1.807) is 17.0 Å². The molecule has 1 aliphatic rings. The zero-order chi connectivity index (χ0) is 32.3. The van der Waals surface area contributed by atoms with E-state index >= 15 is 0 Å². The first-order chi connectivity index (χ1) is 21.5. The Labute approximate surface area is 266 Å². The molecule has 0 bridgehead atoms. The third-order valence-corrected chi connectivity index (χ3v) is 8.67. The van der Waals surface area contributed by atoms with E-state index in [2.05, 4.69) is 18.2 Å². The number of hydrogen-bond donors (Lipinski definition) is 0. The van der Waals surface area contributed by atoms with Crippen molar-refractivity contribution >= 4 is 22.6 Å². The Morgan fingerprint density at radius 1 is 1.00 bits per heavy atom. The Hall–Kier alpha value is -4.19. The van der Waals surface area contributed by atoms with E-state index < -0.39 is 11.7 Å². The van der Waals surface area contributed by atoms with Gasteiger partial charge in [-0.15, -0.1) is 0 Å². The van der Waals surface area contributed by atoms with Gasteiger partial charge in [0.2, 0.25) is 0 Å². The number of halogens is 1. The van der Waals surface area contributed by atoms with Crippen molar-refractivity contribution in [2.24, 2.45) is 0 Å². The summed E-state index contributed by atoms with van der Waals surface area (Å²) in [5.74, 6) is 0.745. The fourth-order valence-corrected chi connectivity index (χ4v) is 6.37. The number of carbonyl (C=O) groups is 2. The number of carbonyl (C=O) groups excluding carboxylic acids is 2. The van der Waals surface area contributed by atoms with Crippen LogP contribution in [0.2, 0.25) is 0 Å². The summed E-state index contributed by atoms with van der Waals surface area (Å²) in [6, 6.07) is 24.5. The second-order valence-electron chi connectivity index (χ2n) is 13.1. The van der Waals surface area contributed by atoms with Crippen LogP contribution in [0.1, 0.15) is 105 Å². The summed E-state index contributed by atoms with van der Waals surface area (Å²) < 4.78 is 27.1. The van der Waals surface area contributed by atoms with E-state index in [0.717, 1.165) is 45.4 Å². The minimum atomic E-state index is -0.677. The zero-order valence-electron chi connectivity index (χ0n) is 27.2. The molecule has 5 nitrogen and oxygen atoms in total. The molecule has 0 radical (unpaired) electrons. The van der Waals surface area contributed by atoms with E-state index in [1.807, 2.05) is 84.0 Å². The maximum Gasteiger partial charge on any atom is 0.410 e. The van der Waals surface area contributed by atoms with Gasteiger partial charge in [-0.25, -0.2) is 9.18 Å². The number of ether oxygens (including phenoxy) is 2. The van der Waals surface area contributed by atoms with Crippen LogP contribution in [0.4, 0.5) is 9.18 Å². The number of amides is 1. The van der Waals surface area contributed by atoms with Crippen LogP contribution in [0.5, 0.6) is 5.75 Å². The van der Waals surface area contributed by atoms with Crippen molar-refractivity contribution in [2.45, 2.75) is 90.9 Å². The number of fused-ring (bicyclic) bond motifs is 2. The van der Waals surface area contributed by atoms with Gasteiger partial charge in [-0.2, -0.15) is 0 Å². The predicted octanol–water partition coefficient (Wildman–Crippen LogP) is 9.94. The number of benzene rings is 4. The topological polar surface area (TPSA) is 55.8 Å². The lowest BCUT2D eigenvalue weighted by molar-refractivity contribution is 0.0142. The molecule has 0 aliphatic carbocycles. The van der Waals surface area contributed by atoms with Crippen molar-refractivity contribution in [3.05, 3.63) is 112 Å². The third-order valence-electron chi connectivity index (χ3n) is 8.67. The van der Waals surface area contributed by atoms with E-state index in [-0.39, 0.29) is 29.7 Å². The van der Waals surface area contributed by atoms with Crippen LogP contribution in [0, 0.1) is 12.7 Å². The Morgan fingerprint density at radius 3 is 2.44 bits per heavy atom. The molecule has 0 aromatic heterocycles. The lowest BCUT2D eigenvalue weighted by Gasteiger charge is -2.36. The molecule has 1 heterocycles. The standard InChI is InChI=1S/C39H44FNO4/c1-7-12-36(42)33-23-27(18-17-25(33)2)34-24-28(44-37-16-11-10-15-32(34)37)21-22-41(38(43)45-39(4,5)6)26(3)29-19-20-35(40)31-14-9-8-13-30(29)31/h8-11,13-20,23,26,28,34H,7,12,21-22,24H2,1-6H3/t26-,28-,34?/m1/s1. The molecule has 6 heteroatoms. The minimum absolute atomic E-state index is 0.0437. The second kappa shape index (κ2) is 13.4. The van der Waals surface area contributed by atoms with Crippen LogP contribution in [-0.4, -0.2) is 35.0 Å². The highest BCUT2D eigenvalue weighted by molar-refractivity contribution is 5.97. The molecule has 0 fully saturated rings. The van der Waals surface area contributed by atoms with Crippen LogP contribution in [0.15, 0.2) is 78.9 Å². The highest BCUT2D eigenvalue weighted by Crippen LogP contribution is 2.42. The van der Waals surface area contributed by atoms with Crippen LogP contribution < -0.4 is 4.74 Å². The smallest absolute Gasteiger partial charge is 0.410 e. The monoisotopic (exact) mass is 609 g/mol. The molecule has 4 aromatic rings. The molecule has 0 spiro atoms. The predicted molar refractivity (Wildman–Crippen MR) is 178 cm³/mol. The van der Waals surface area contributed by atoms with Gasteiger partial charge in [0.25, 0.3) is 0 Å². The normalized spacial score (nSPS) is 16.9. The van der Waals surface area contributed by atoms with Crippen molar-refractivity contribution in [3.8, 4) is 5.75 Å². The molecule has 0 N–H and O–H groups in total. The highest BCUT2D eigenvalue weighted by Gasteiger charge is 2.33. The number of nitrogens with zero attached hydrogens (tertiary/aromatic N) is 1. The average Bonchev–Trinajstić information content (AvgIpc) is 3.00. The summed E-state index contributed by atoms with van der Waals surface area (Å²) in [5.41, 5.74) is 4.15. The third kappa shape index (κ3) is 7.22. The number of aryl methyl sites for hydroxylation is 1. The maximum atomic E-state index is 14.7. The number of ketones is 1. The van der Waals surface area contributed by atoms with Crippen LogP contribution >= 0.6 is 0 Å². The lowest BCUT2D eigenvalue weighted by Crippen LogP contribution is -2.41. The molecule has 236 valence electrons. The van der Waals surface area contributed by atoms with Crippen molar-refractivity contribution in [1.29, 1.82) is 0 Å². The number of para-hydroxylation sites is 1. The molecule has 4 aromatic carbocycles. The van der Waals surface area contributed by atoms with Crippen molar-refractivity contribution in [1.82, 2.24) is 4.90 Å². The Morgan fingerprint density at radius 2 is 1.71 bits per heavy atom. The van der Waals surface area contributed by atoms with Crippen molar-refractivity contribution in [3.63, 3.8) is 0 Å². The summed E-state index contributed by atoms with van der Waals surface area (Å²) >= 11 is 0. The first-order valence-corrected chi connectivity index (χ1v) is 16.0. The Balaban J connectivity index is 1.44. The first kappa shape index (κ1) is 32.2. The number of Topliss-reactive ketones (excluding diaryl/α,β-unsaturated/α-hetero) is 1.